The van der Waals surface area contributed by atoms with E-state index in [4.69, 9.17) is 0 Å². The van der Waals surface area contributed by atoms with Gasteiger partial charge in [-0.1, -0.05) is 19.3 Å². The number of thioether (sulfide) groups is 3. The first-order valence-electron chi connectivity index (χ1n) is 9.44. The Morgan fingerprint density at radius 3 is 1.33 bits per heavy atom. The average Bonchev–Trinajstić information content (AvgIpc) is 2.60. The van der Waals surface area contributed by atoms with Crippen LogP contribution in [-0.4, -0.2) is 51.3 Å². The molecule has 0 nitrogen and oxygen atoms in total. The van der Waals surface area contributed by atoms with Crippen LogP contribution in [0.2, 0.25) is 0 Å². The molecule has 0 aromatic carbocycles. The van der Waals surface area contributed by atoms with E-state index in [9.17, 15) is 0 Å². The second-order valence-electron chi connectivity index (χ2n) is 6.00. The van der Waals surface area contributed by atoms with Crippen LogP contribution in [0.3, 0.4) is 0 Å². The molecule has 0 saturated carbocycles. The van der Waals surface area contributed by atoms with Crippen LogP contribution in [0.1, 0.15) is 57.8 Å². The first-order chi connectivity index (χ1) is 11.8. The van der Waals surface area contributed by atoms with Crippen molar-refractivity contribution >= 4 is 73.2 Å². The maximum Gasteiger partial charge on any atom is 0.0228 e. The van der Waals surface area contributed by atoms with Gasteiger partial charge in [0.25, 0.3) is 0 Å². The van der Waals surface area contributed by atoms with Gasteiger partial charge in [0.1, 0.15) is 0 Å². The molecule has 146 valence electrons. The molecule has 0 aromatic heterocycles. The SMILES string of the molecule is SCCCCCSCC(CSCCCCCS)SCCCCCS. The summed E-state index contributed by atoms with van der Waals surface area (Å²) in [4.78, 5) is 0. The van der Waals surface area contributed by atoms with Gasteiger partial charge in [-0.05, 0) is 73.0 Å². The molecule has 0 rings (SSSR count). The Balaban J connectivity index is 3.74. The fourth-order valence-corrected chi connectivity index (χ4v) is 6.98. The molecule has 0 bridgehead atoms. The number of thiol groups is 3. The van der Waals surface area contributed by atoms with Gasteiger partial charge in [0.05, 0.1) is 0 Å². The van der Waals surface area contributed by atoms with Crippen molar-refractivity contribution in [2.45, 2.75) is 63.0 Å². The zero-order valence-electron chi connectivity index (χ0n) is 15.2. The highest BCUT2D eigenvalue weighted by Crippen LogP contribution is 2.24. The second kappa shape index (κ2) is 23.1. The van der Waals surface area contributed by atoms with E-state index in [1.807, 2.05) is 0 Å². The lowest BCUT2D eigenvalue weighted by atomic mass is 10.3. The number of hydrogen-bond acceptors (Lipinski definition) is 6. The summed E-state index contributed by atoms with van der Waals surface area (Å²) < 4.78 is 0. The van der Waals surface area contributed by atoms with Gasteiger partial charge in [0.15, 0.2) is 0 Å². The van der Waals surface area contributed by atoms with Crippen LogP contribution in [0.15, 0.2) is 0 Å². The highest BCUT2D eigenvalue weighted by atomic mass is 32.2. The number of unbranched alkanes of at least 4 members (excludes halogenated alkanes) is 6. The van der Waals surface area contributed by atoms with E-state index in [1.54, 1.807) is 0 Å². The van der Waals surface area contributed by atoms with E-state index in [-0.39, 0.29) is 0 Å². The molecule has 6 heteroatoms. The molecule has 0 aliphatic rings. The molecule has 24 heavy (non-hydrogen) atoms. The smallest absolute Gasteiger partial charge is 0.0228 e. The van der Waals surface area contributed by atoms with Gasteiger partial charge in [0.2, 0.25) is 0 Å². The zero-order valence-corrected chi connectivity index (χ0v) is 20.3. The molecule has 0 spiro atoms. The molecular weight excluding hydrogens is 409 g/mol. The monoisotopic (exact) mass is 446 g/mol. The highest BCUT2D eigenvalue weighted by Gasteiger charge is 2.09. The second-order valence-corrected chi connectivity index (χ2v) is 11.0. The normalized spacial score (nSPS) is 11.5. The summed E-state index contributed by atoms with van der Waals surface area (Å²) >= 11 is 19.4. The molecule has 0 amide bonds. The van der Waals surface area contributed by atoms with Gasteiger partial charge in [-0.3, -0.25) is 0 Å². The predicted octanol–water partition coefficient (Wildman–Crippen LogP) is 6.85. The lowest BCUT2D eigenvalue weighted by molar-refractivity contribution is 0.784. The number of hydrogen-bond donors (Lipinski definition) is 3. The van der Waals surface area contributed by atoms with Crippen LogP contribution in [0.5, 0.6) is 0 Å². The van der Waals surface area contributed by atoms with Gasteiger partial charge in [-0.25, -0.2) is 0 Å². The molecule has 0 aromatic rings. The van der Waals surface area contributed by atoms with E-state index in [2.05, 4.69) is 73.2 Å². The molecule has 0 atom stereocenters. The molecule has 0 saturated heterocycles. The summed E-state index contributed by atoms with van der Waals surface area (Å²) in [5.41, 5.74) is 0. The van der Waals surface area contributed by atoms with Crippen molar-refractivity contribution in [1.29, 1.82) is 0 Å². The summed E-state index contributed by atoms with van der Waals surface area (Å²) in [5.74, 6) is 9.79. The summed E-state index contributed by atoms with van der Waals surface area (Å²) in [7, 11) is 0. The van der Waals surface area contributed by atoms with Crippen molar-refractivity contribution in [1.82, 2.24) is 0 Å². The van der Waals surface area contributed by atoms with E-state index >= 15 is 0 Å². The Morgan fingerprint density at radius 2 is 0.917 bits per heavy atom. The highest BCUT2D eigenvalue weighted by molar-refractivity contribution is 8.05. The molecule has 0 fully saturated rings. The Bertz CT molecular complexity index is 212. The van der Waals surface area contributed by atoms with E-state index in [0.29, 0.717) is 0 Å². The number of rotatable bonds is 20. The van der Waals surface area contributed by atoms with Crippen molar-refractivity contribution < 1.29 is 0 Å². The van der Waals surface area contributed by atoms with Gasteiger partial charge in [0, 0.05) is 16.8 Å². The van der Waals surface area contributed by atoms with Crippen molar-refractivity contribution in [3.8, 4) is 0 Å². The van der Waals surface area contributed by atoms with Crippen LogP contribution >= 0.6 is 73.2 Å². The van der Waals surface area contributed by atoms with Gasteiger partial charge in [-0.2, -0.15) is 73.2 Å². The summed E-state index contributed by atoms with van der Waals surface area (Å²) in [6.45, 7) is 0. The third kappa shape index (κ3) is 20.4. The standard InChI is InChI=1S/C18H38S6/c19-10-4-1-7-13-22-16-18(24-15-9-3-6-12-21)17-23-14-8-2-5-11-20/h18-21H,1-17H2. The van der Waals surface area contributed by atoms with Crippen LogP contribution < -0.4 is 0 Å². The lowest BCUT2D eigenvalue weighted by Gasteiger charge is -2.16. The van der Waals surface area contributed by atoms with Crippen molar-refractivity contribution in [3.63, 3.8) is 0 Å². The first kappa shape index (κ1) is 26.1. The molecule has 0 N–H and O–H groups in total. The molecule has 0 heterocycles. The zero-order chi connectivity index (χ0) is 17.7. The van der Waals surface area contributed by atoms with Crippen LogP contribution in [0.25, 0.3) is 0 Å². The quantitative estimate of drug-likeness (QED) is 0.138. The molecule has 0 aliphatic heterocycles. The maximum absolute atomic E-state index is 4.30. The van der Waals surface area contributed by atoms with Gasteiger partial charge in [-0.15, -0.1) is 0 Å². The van der Waals surface area contributed by atoms with Crippen LogP contribution in [0.4, 0.5) is 0 Å². The Kier molecular flexibility index (Phi) is 25.2. The Hall–Kier alpha value is 2.10. The van der Waals surface area contributed by atoms with Crippen LogP contribution in [-0.2, 0) is 0 Å². The van der Waals surface area contributed by atoms with Crippen molar-refractivity contribution in [2.75, 3.05) is 46.0 Å². The molecule has 0 radical (unpaired) electrons. The third-order valence-electron chi connectivity index (χ3n) is 3.66. The summed E-state index contributed by atoms with van der Waals surface area (Å²) in [5, 5.41) is 0.839. The minimum atomic E-state index is 0.839. The minimum absolute atomic E-state index is 0.839. The van der Waals surface area contributed by atoms with Crippen molar-refractivity contribution in [2.24, 2.45) is 0 Å². The Labute approximate surface area is 181 Å². The first-order valence-corrected chi connectivity index (χ1v) is 14.7. The summed E-state index contributed by atoms with van der Waals surface area (Å²) in [6, 6.07) is 0. The lowest BCUT2D eigenvalue weighted by Crippen LogP contribution is -2.12. The largest absolute Gasteiger partial charge is 0.179 e. The fraction of sp³-hybridized carbons (Fsp3) is 1.00. The summed E-state index contributed by atoms with van der Waals surface area (Å²) in [6.07, 6.45) is 11.9. The van der Waals surface area contributed by atoms with Gasteiger partial charge < -0.3 is 0 Å². The fourth-order valence-electron chi connectivity index (χ4n) is 2.20. The van der Waals surface area contributed by atoms with E-state index in [0.717, 1.165) is 22.5 Å². The molecule has 0 aliphatic carbocycles. The Morgan fingerprint density at radius 1 is 0.500 bits per heavy atom. The topological polar surface area (TPSA) is 0 Å². The minimum Gasteiger partial charge on any atom is -0.179 e. The van der Waals surface area contributed by atoms with E-state index in [1.165, 1.54) is 86.6 Å². The molecular formula is C18H38S6. The molecule has 0 unspecified atom stereocenters. The van der Waals surface area contributed by atoms with Crippen LogP contribution in [0, 0.1) is 0 Å². The average molecular weight is 447 g/mol. The van der Waals surface area contributed by atoms with Gasteiger partial charge >= 0.3 is 0 Å². The third-order valence-corrected chi connectivity index (χ3v) is 8.79. The predicted molar refractivity (Wildman–Crippen MR) is 134 cm³/mol. The maximum atomic E-state index is 4.30. The van der Waals surface area contributed by atoms with Crippen molar-refractivity contribution in [3.05, 3.63) is 0 Å². The van der Waals surface area contributed by atoms with E-state index < -0.39 is 0 Å².